The van der Waals surface area contributed by atoms with Gasteiger partial charge in [-0.05, 0) is 95.7 Å². The predicted molar refractivity (Wildman–Crippen MR) is 208 cm³/mol. The molecule has 21 nitrogen and oxygen atoms in total. The Morgan fingerprint density at radius 1 is 0.492 bits per heavy atom. The lowest BCUT2D eigenvalue weighted by Gasteiger charge is -2.13. The molecule has 0 aromatic heterocycles. The zero-order valence-electron chi connectivity index (χ0n) is 29.3. The van der Waals surface area contributed by atoms with Crippen molar-refractivity contribution in [3.05, 3.63) is 97.1 Å². The van der Waals surface area contributed by atoms with E-state index in [1.54, 1.807) is 0 Å². The number of aliphatic carboxylic acids is 2. The van der Waals surface area contributed by atoms with Gasteiger partial charge in [-0.3, -0.25) is 18.7 Å². The first-order valence-corrected chi connectivity index (χ1v) is 19.1. The first kappa shape index (κ1) is 40.8. The monoisotopic (exact) mass is 843 g/mol. The van der Waals surface area contributed by atoms with Gasteiger partial charge in [-0.2, -0.15) is 27.1 Å². The van der Waals surface area contributed by atoms with Crippen molar-refractivity contribution < 1.29 is 65.5 Å². The maximum Gasteiger partial charge on any atom is 0.394 e. The number of anilines is 4. The second kappa shape index (κ2) is 15.9. The first-order chi connectivity index (χ1) is 27.8. The second-order valence-corrected chi connectivity index (χ2v) is 14.9. The van der Waals surface area contributed by atoms with E-state index in [0.717, 1.165) is 12.1 Å². The number of carbonyl (C=O) groups is 4. The van der Waals surface area contributed by atoms with Gasteiger partial charge in [0, 0.05) is 33.5 Å². The number of fused-ring (bicyclic) bond motifs is 2. The summed E-state index contributed by atoms with van der Waals surface area (Å²) in [7, 11) is -10.1. The van der Waals surface area contributed by atoms with Gasteiger partial charge >= 0.3 is 23.8 Å². The fourth-order valence-corrected chi connectivity index (χ4v) is 6.80. The average molecular weight is 844 g/mol. The largest absolute Gasteiger partial charge is 0.505 e. The Kier molecular flexibility index (Phi) is 11.0. The number of carboxylic acid groups (broad SMARTS) is 2. The molecule has 23 heteroatoms. The van der Waals surface area contributed by atoms with Gasteiger partial charge in [-0.25, -0.2) is 9.59 Å². The normalized spacial score (nSPS) is 11.9. The summed E-state index contributed by atoms with van der Waals surface area (Å²) >= 11 is 0. The molecule has 0 heterocycles. The molecule has 0 aliphatic rings. The molecule has 0 spiro atoms. The summed E-state index contributed by atoms with van der Waals surface area (Å²) in [6, 6.07) is 21.2. The highest BCUT2D eigenvalue weighted by Crippen LogP contribution is 2.44. The average Bonchev–Trinajstić information content (AvgIpc) is 3.16. The Labute approximate surface area is 330 Å². The molecule has 6 aromatic carbocycles. The number of phenolic OH excluding ortho intramolecular Hbond substituents is 2. The molecule has 6 aromatic rings. The molecule has 0 aliphatic heterocycles. The summed E-state index contributed by atoms with van der Waals surface area (Å²) in [6.45, 7) is 0. The molecule has 0 saturated carbocycles. The number of aromatic hydroxyl groups is 2. The third kappa shape index (κ3) is 9.24. The molecule has 0 atom stereocenters. The predicted octanol–water partition coefficient (Wildman–Crippen LogP) is 6.52. The lowest BCUT2D eigenvalue weighted by Crippen LogP contribution is -2.21. The molecule has 0 radical (unpaired) electrons. The molecule has 6 rings (SSSR count). The van der Waals surface area contributed by atoms with Crippen LogP contribution in [0.3, 0.4) is 0 Å². The SMILES string of the molecule is O=C(O)C(=O)Nc1cccc(N=Nc2c(S(=O)(=O)O)cc3cc(Nc4ccc5c(O)c(N=Nc6cccc(NC(=O)C(=O)O)c6)c(S(=O)(=O)O)cc5c4)ccc3c2O)c1. The lowest BCUT2D eigenvalue weighted by atomic mass is 10.1. The molecule has 0 aliphatic carbocycles. The number of hydrogen-bond donors (Lipinski definition) is 9. The number of amides is 2. The minimum atomic E-state index is -5.03. The lowest BCUT2D eigenvalue weighted by molar-refractivity contribution is -0.147. The number of rotatable bonds is 10. The summed E-state index contributed by atoms with van der Waals surface area (Å²) in [6.07, 6.45) is 0. The van der Waals surface area contributed by atoms with E-state index in [-0.39, 0.29) is 44.3 Å². The van der Waals surface area contributed by atoms with Crippen LogP contribution in [0.25, 0.3) is 21.5 Å². The van der Waals surface area contributed by atoms with Gasteiger partial charge in [0.05, 0.1) is 11.4 Å². The van der Waals surface area contributed by atoms with Crippen LogP contribution in [0, 0.1) is 0 Å². The molecule has 0 unspecified atom stereocenters. The van der Waals surface area contributed by atoms with E-state index in [0.29, 0.717) is 11.4 Å². The Balaban J connectivity index is 1.32. The van der Waals surface area contributed by atoms with E-state index < -0.39 is 76.7 Å². The summed E-state index contributed by atoms with van der Waals surface area (Å²) in [4.78, 5) is 43.1. The van der Waals surface area contributed by atoms with Gasteiger partial charge in [0.15, 0.2) is 11.5 Å². The second-order valence-electron chi connectivity index (χ2n) is 12.1. The van der Waals surface area contributed by atoms with E-state index in [2.05, 4.69) is 36.4 Å². The highest BCUT2D eigenvalue weighted by atomic mass is 32.2. The van der Waals surface area contributed by atoms with Gasteiger partial charge < -0.3 is 36.4 Å². The molecular formula is C36H25N7O14S2. The van der Waals surface area contributed by atoms with Crippen LogP contribution in [0.15, 0.2) is 127 Å². The number of carboxylic acids is 2. The zero-order chi connectivity index (χ0) is 42.8. The van der Waals surface area contributed by atoms with Crippen molar-refractivity contribution in [3.63, 3.8) is 0 Å². The number of benzene rings is 6. The highest BCUT2D eigenvalue weighted by molar-refractivity contribution is 7.86. The third-order valence-electron chi connectivity index (χ3n) is 8.07. The first-order valence-electron chi connectivity index (χ1n) is 16.2. The molecule has 0 fully saturated rings. The van der Waals surface area contributed by atoms with E-state index >= 15 is 0 Å². The van der Waals surface area contributed by atoms with Gasteiger partial charge in [-0.15, -0.1) is 10.2 Å². The van der Waals surface area contributed by atoms with Crippen molar-refractivity contribution in [2.24, 2.45) is 20.5 Å². The van der Waals surface area contributed by atoms with Crippen molar-refractivity contribution in [1.29, 1.82) is 0 Å². The molecular weight excluding hydrogens is 819 g/mol. The third-order valence-corrected chi connectivity index (χ3v) is 9.81. The maximum absolute atomic E-state index is 12.4. The van der Waals surface area contributed by atoms with Gasteiger partial charge in [0.1, 0.15) is 21.2 Å². The van der Waals surface area contributed by atoms with Gasteiger partial charge in [-0.1, -0.05) is 12.1 Å². The van der Waals surface area contributed by atoms with Crippen LogP contribution < -0.4 is 16.0 Å². The van der Waals surface area contributed by atoms with Crippen LogP contribution in [-0.2, 0) is 39.4 Å². The van der Waals surface area contributed by atoms with Gasteiger partial charge in [0.2, 0.25) is 0 Å². The van der Waals surface area contributed by atoms with Gasteiger partial charge in [0.25, 0.3) is 20.2 Å². The van der Waals surface area contributed by atoms with Crippen LogP contribution in [0.2, 0.25) is 0 Å². The Morgan fingerprint density at radius 3 is 1.24 bits per heavy atom. The molecule has 59 heavy (non-hydrogen) atoms. The van der Waals surface area contributed by atoms with Crippen molar-refractivity contribution in [2.45, 2.75) is 9.79 Å². The fraction of sp³-hybridized carbons (Fsp3) is 0. The number of azo groups is 2. The minimum absolute atomic E-state index is 0.0102. The summed E-state index contributed by atoms with van der Waals surface area (Å²) in [5, 5.41) is 62.8. The number of nitrogens with zero attached hydrogens (tertiary/aromatic N) is 4. The molecule has 300 valence electrons. The smallest absolute Gasteiger partial charge is 0.394 e. The fourth-order valence-electron chi connectivity index (χ4n) is 5.49. The molecule has 2 amide bonds. The Hall–Kier alpha value is -7.86. The standard InChI is InChI=1S/C36H25N7O14S2/c44-31-25-9-7-21(11-17(25)13-27(58(52,53)54)29(31)42-40-23-5-1-3-19(15-23)38-33(46)35(48)49)37-22-8-10-26-18(12-22)14-28(59(55,56)57)30(32(26)45)43-41-24-6-2-4-20(16-24)39-34(47)36(50)51/h1-16,37,44-45H,(H,38,46)(H,39,47)(H,48,49)(H,50,51)(H,52,53,54)(H,55,56,57). The van der Waals surface area contributed by atoms with Crippen LogP contribution in [0.1, 0.15) is 0 Å². The number of phenols is 2. The maximum atomic E-state index is 12.4. The Morgan fingerprint density at radius 2 is 0.881 bits per heavy atom. The van der Waals surface area contributed by atoms with Crippen LogP contribution in [0.5, 0.6) is 11.5 Å². The van der Waals surface area contributed by atoms with Crippen molar-refractivity contribution in [1.82, 2.24) is 0 Å². The molecule has 9 N–H and O–H groups in total. The summed E-state index contributed by atoms with van der Waals surface area (Å²) < 4.78 is 69.8. The van der Waals surface area contributed by atoms with E-state index in [4.69, 9.17) is 10.2 Å². The molecule has 0 bridgehead atoms. The van der Waals surface area contributed by atoms with Crippen LogP contribution in [-0.4, -0.2) is 70.1 Å². The van der Waals surface area contributed by atoms with Crippen molar-refractivity contribution in [3.8, 4) is 11.5 Å². The number of hydrogen-bond acceptors (Lipinski definition) is 15. The topological polar surface area (TPSA) is 343 Å². The summed E-state index contributed by atoms with van der Waals surface area (Å²) in [5.74, 6) is -7.52. The van der Waals surface area contributed by atoms with Crippen molar-refractivity contribution >= 4 is 111 Å². The van der Waals surface area contributed by atoms with Crippen LogP contribution in [0.4, 0.5) is 45.5 Å². The van der Waals surface area contributed by atoms with Crippen LogP contribution >= 0.6 is 0 Å². The number of nitrogens with one attached hydrogen (secondary N) is 3. The molecule has 0 saturated heterocycles. The number of carbonyl (C=O) groups excluding carboxylic acids is 2. The van der Waals surface area contributed by atoms with E-state index in [1.165, 1.54) is 84.9 Å². The zero-order valence-corrected chi connectivity index (χ0v) is 30.9. The summed E-state index contributed by atoms with van der Waals surface area (Å²) in [5.41, 5.74) is -0.628. The van der Waals surface area contributed by atoms with E-state index in [1.807, 2.05) is 0 Å². The quantitative estimate of drug-likeness (QED) is 0.0403. The minimum Gasteiger partial charge on any atom is -0.505 e. The highest BCUT2D eigenvalue weighted by Gasteiger charge is 2.24. The van der Waals surface area contributed by atoms with Crippen molar-refractivity contribution in [2.75, 3.05) is 16.0 Å². The van der Waals surface area contributed by atoms with E-state index in [9.17, 15) is 55.3 Å². The Bertz CT molecular complexity index is 2860.